The molecule has 0 bridgehead atoms. The summed E-state index contributed by atoms with van der Waals surface area (Å²) in [5, 5.41) is 2.45. The molecule has 2 atom stereocenters. The predicted molar refractivity (Wildman–Crippen MR) is 71.6 cm³/mol. The van der Waals surface area contributed by atoms with E-state index in [1.165, 1.54) is 5.56 Å². The van der Waals surface area contributed by atoms with Gasteiger partial charge in [0.15, 0.2) is 0 Å². The van der Waals surface area contributed by atoms with Gasteiger partial charge in [0.05, 0.1) is 6.61 Å². The summed E-state index contributed by atoms with van der Waals surface area (Å²) in [4.78, 5) is 13.4. The maximum absolute atomic E-state index is 11.3. The van der Waals surface area contributed by atoms with E-state index in [2.05, 4.69) is 17.1 Å². The molecule has 1 fully saturated rings. The van der Waals surface area contributed by atoms with Crippen LogP contribution in [0.4, 0.5) is 10.5 Å². The average molecular weight is 262 g/mol. The Hall–Kier alpha value is -1.75. The first-order chi connectivity index (χ1) is 9.06. The summed E-state index contributed by atoms with van der Waals surface area (Å²) in [5.74, 6) is 0.570. The molecule has 0 aliphatic carbocycles. The summed E-state index contributed by atoms with van der Waals surface area (Å²) in [7, 11) is 3.59. The van der Waals surface area contributed by atoms with Crippen LogP contribution in [0.3, 0.4) is 0 Å². The molecule has 2 aliphatic heterocycles. The molecule has 1 aromatic carbocycles. The number of likely N-dealkylation sites (N-methyl/N-ethyl adjacent to an activating group) is 1. The second-order valence-electron chi connectivity index (χ2n) is 5.32. The molecule has 5 heteroatoms. The fourth-order valence-corrected chi connectivity index (χ4v) is 3.12. The van der Waals surface area contributed by atoms with Crippen LogP contribution in [0.2, 0.25) is 0 Å². The summed E-state index contributed by atoms with van der Waals surface area (Å²) in [6, 6.07) is 5.76. The minimum Gasteiger partial charge on any atom is -0.410 e. The van der Waals surface area contributed by atoms with Crippen molar-refractivity contribution in [2.24, 2.45) is 0 Å². The standard InChI is InChI=1S/C14H18N2O3/c1-14-6-7-18-12(14)16(3)11-5-4-9(8-10(11)14)19-13(17)15-2/h4-5,8,12H,6-7H2,1-3H3,(H,15,17)/t12-,14-/m0/s1. The van der Waals surface area contributed by atoms with Crippen LogP contribution in [0.25, 0.3) is 0 Å². The van der Waals surface area contributed by atoms with Crippen molar-refractivity contribution in [3.8, 4) is 5.75 Å². The van der Waals surface area contributed by atoms with E-state index in [1.807, 2.05) is 25.2 Å². The molecule has 0 spiro atoms. The fraction of sp³-hybridized carbons (Fsp3) is 0.500. The molecular weight excluding hydrogens is 244 g/mol. The highest BCUT2D eigenvalue weighted by atomic mass is 16.6. The van der Waals surface area contributed by atoms with Crippen molar-refractivity contribution in [1.29, 1.82) is 0 Å². The first kappa shape index (κ1) is 12.3. The Morgan fingerprint density at radius 3 is 3.11 bits per heavy atom. The lowest BCUT2D eigenvalue weighted by Gasteiger charge is -2.26. The number of ether oxygens (including phenoxy) is 2. The lowest BCUT2D eigenvalue weighted by Crippen LogP contribution is -2.37. The predicted octanol–water partition coefficient (Wildman–Crippen LogP) is 1.86. The quantitative estimate of drug-likeness (QED) is 0.839. The lowest BCUT2D eigenvalue weighted by atomic mass is 9.82. The third-order valence-electron chi connectivity index (χ3n) is 4.17. The second-order valence-corrected chi connectivity index (χ2v) is 5.32. The summed E-state index contributed by atoms with van der Waals surface area (Å²) in [5.41, 5.74) is 2.32. The third kappa shape index (κ3) is 1.69. The van der Waals surface area contributed by atoms with Gasteiger partial charge in [0.2, 0.25) is 0 Å². The van der Waals surface area contributed by atoms with E-state index in [1.54, 1.807) is 7.05 Å². The number of hydrogen-bond acceptors (Lipinski definition) is 4. The van der Waals surface area contributed by atoms with Gasteiger partial charge in [-0.1, -0.05) is 6.92 Å². The van der Waals surface area contributed by atoms with Gasteiger partial charge in [-0.2, -0.15) is 0 Å². The summed E-state index contributed by atoms with van der Waals surface area (Å²) in [6.07, 6.45) is 0.617. The molecule has 0 aromatic heterocycles. The Morgan fingerprint density at radius 2 is 2.37 bits per heavy atom. The molecule has 0 unspecified atom stereocenters. The number of anilines is 1. The van der Waals surface area contributed by atoms with Crippen LogP contribution >= 0.6 is 0 Å². The maximum Gasteiger partial charge on any atom is 0.412 e. The normalized spacial score (nSPS) is 27.9. The zero-order valence-corrected chi connectivity index (χ0v) is 11.4. The molecule has 1 aromatic rings. The second kappa shape index (κ2) is 4.13. The summed E-state index contributed by atoms with van der Waals surface area (Å²) < 4.78 is 11.0. The van der Waals surface area contributed by atoms with Crippen molar-refractivity contribution < 1.29 is 14.3 Å². The Labute approximate surface area is 112 Å². The van der Waals surface area contributed by atoms with E-state index in [0.29, 0.717) is 5.75 Å². The van der Waals surface area contributed by atoms with Crippen molar-refractivity contribution in [3.05, 3.63) is 23.8 Å². The molecule has 19 heavy (non-hydrogen) atoms. The smallest absolute Gasteiger partial charge is 0.410 e. The van der Waals surface area contributed by atoms with Crippen molar-refractivity contribution >= 4 is 11.8 Å². The highest BCUT2D eigenvalue weighted by molar-refractivity contribution is 5.72. The largest absolute Gasteiger partial charge is 0.412 e. The van der Waals surface area contributed by atoms with Crippen LogP contribution < -0.4 is 15.0 Å². The van der Waals surface area contributed by atoms with Crippen molar-refractivity contribution in [2.45, 2.75) is 25.0 Å². The van der Waals surface area contributed by atoms with E-state index in [0.717, 1.165) is 18.7 Å². The molecular formula is C14H18N2O3. The van der Waals surface area contributed by atoms with E-state index >= 15 is 0 Å². The van der Waals surface area contributed by atoms with Gasteiger partial charge in [-0.25, -0.2) is 4.79 Å². The van der Waals surface area contributed by atoms with Crippen LogP contribution in [0.1, 0.15) is 18.9 Å². The molecule has 2 aliphatic rings. The number of carbonyl (C=O) groups is 1. The third-order valence-corrected chi connectivity index (χ3v) is 4.17. The molecule has 3 rings (SSSR count). The minimum atomic E-state index is -0.448. The van der Waals surface area contributed by atoms with Gasteiger partial charge < -0.3 is 19.7 Å². The number of nitrogens with zero attached hydrogens (tertiary/aromatic N) is 1. The summed E-state index contributed by atoms with van der Waals surface area (Å²) in [6.45, 7) is 2.97. The highest BCUT2D eigenvalue weighted by Gasteiger charge is 2.50. The van der Waals surface area contributed by atoms with Gasteiger partial charge in [0.1, 0.15) is 12.0 Å². The molecule has 1 N–H and O–H groups in total. The van der Waals surface area contributed by atoms with Gasteiger partial charge in [0.25, 0.3) is 0 Å². The van der Waals surface area contributed by atoms with Crippen molar-refractivity contribution in [1.82, 2.24) is 5.32 Å². The van der Waals surface area contributed by atoms with Crippen LogP contribution in [0.5, 0.6) is 5.75 Å². The number of nitrogens with one attached hydrogen (secondary N) is 1. The first-order valence-electron chi connectivity index (χ1n) is 6.45. The van der Waals surface area contributed by atoms with Crippen molar-refractivity contribution in [3.63, 3.8) is 0 Å². The Balaban J connectivity index is 1.99. The van der Waals surface area contributed by atoms with E-state index in [-0.39, 0.29) is 11.6 Å². The number of fused-ring (bicyclic) bond motifs is 3. The van der Waals surface area contributed by atoms with E-state index in [4.69, 9.17) is 9.47 Å². The lowest BCUT2D eigenvalue weighted by molar-refractivity contribution is 0.0920. The number of amides is 1. The molecule has 0 saturated carbocycles. The van der Waals surface area contributed by atoms with Crippen LogP contribution in [0, 0.1) is 0 Å². The number of rotatable bonds is 1. The van der Waals surface area contributed by atoms with E-state index in [9.17, 15) is 4.79 Å². The maximum atomic E-state index is 11.3. The van der Waals surface area contributed by atoms with Gasteiger partial charge in [0, 0.05) is 25.2 Å². The van der Waals surface area contributed by atoms with Crippen molar-refractivity contribution in [2.75, 3.05) is 25.6 Å². The van der Waals surface area contributed by atoms with Gasteiger partial charge in [-0.05, 0) is 30.2 Å². The zero-order chi connectivity index (χ0) is 13.6. The van der Waals surface area contributed by atoms with Crippen LogP contribution in [0.15, 0.2) is 18.2 Å². The molecule has 2 heterocycles. The van der Waals surface area contributed by atoms with Crippen LogP contribution in [-0.4, -0.2) is 33.0 Å². The fourth-order valence-electron chi connectivity index (χ4n) is 3.12. The first-order valence-corrected chi connectivity index (χ1v) is 6.45. The highest BCUT2D eigenvalue weighted by Crippen LogP contribution is 2.51. The zero-order valence-electron chi connectivity index (χ0n) is 11.4. The molecule has 102 valence electrons. The Bertz CT molecular complexity index is 531. The molecule has 1 saturated heterocycles. The monoisotopic (exact) mass is 262 g/mol. The molecule has 0 radical (unpaired) electrons. The Morgan fingerprint density at radius 1 is 1.58 bits per heavy atom. The molecule has 5 nitrogen and oxygen atoms in total. The van der Waals surface area contributed by atoms with Crippen LogP contribution in [-0.2, 0) is 10.2 Å². The van der Waals surface area contributed by atoms with Gasteiger partial charge in [-0.3, -0.25) is 0 Å². The van der Waals surface area contributed by atoms with Gasteiger partial charge in [-0.15, -0.1) is 0 Å². The SMILES string of the molecule is CNC(=O)Oc1ccc2c(c1)[C@]1(C)CCO[C@@H]1N2C. The summed E-state index contributed by atoms with van der Waals surface area (Å²) >= 11 is 0. The number of carbonyl (C=O) groups excluding carboxylic acids is 1. The topological polar surface area (TPSA) is 50.8 Å². The number of hydrogen-bond donors (Lipinski definition) is 1. The average Bonchev–Trinajstić information content (AvgIpc) is 2.88. The van der Waals surface area contributed by atoms with E-state index < -0.39 is 6.09 Å². The minimum absolute atomic E-state index is 0.0217. The Kier molecular flexibility index (Phi) is 2.67. The molecule has 1 amide bonds. The van der Waals surface area contributed by atoms with Gasteiger partial charge >= 0.3 is 6.09 Å². The number of benzene rings is 1.